The summed E-state index contributed by atoms with van der Waals surface area (Å²) >= 11 is 0. The summed E-state index contributed by atoms with van der Waals surface area (Å²) in [4.78, 5) is 7.55. The number of rotatable bonds is 5. The second kappa shape index (κ2) is 6.09. The Balaban J connectivity index is 1.74. The molecule has 0 radical (unpaired) electrons. The number of ether oxygens (including phenoxy) is 1. The number of hydrogen-bond acceptors (Lipinski definition) is 4. The number of para-hydroxylation sites is 3. The van der Waals surface area contributed by atoms with Crippen LogP contribution >= 0.6 is 0 Å². The molecule has 0 saturated carbocycles. The van der Waals surface area contributed by atoms with Crippen molar-refractivity contribution < 1.29 is 4.74 Å². The van der Waals surface area contributed by atoms with Crippen molar-refractivity contribution in [3.8, 4) is 5.75 Å². The lowest BCUT2D eigenvalue weighted by molar-refractivity contribution is 0.340. The Morgan fingerprint density at radius 2 is 2.00 bits per heavy atom. The predicted molar refractivity (Wildman–Crippen MR) is 84.9 cm³/mol. The van der Waals surface area contributed by atoms with Gasteiger partial charge in [-0.05, 0) is 31.2 Å². The third-order valence-electron chi connectivity index (χ3n) is 2.98. The second-order valence-electron chi connectivity index (χ2n) is 4.44. The molecule has 0 atom stereocenters. The number of H-pyrrole nitrogens is 1. The van der Waals surface area contributed by atoms with Crippen molar-refractivity contribution in [2.45, 2.75) is 6.92 Å². The quantitative estimate of drug-likeness (QED) is 0.556. The average molecular weight is 280 g/mol. The Labute approximate surface area is 122 Å². The molecule has 2 aromatic carbocycles. The standard InChI is InChI=1S/C16H16N4O/c1-2-21-15-10-6-3-7-12(15)11-17-20-16-18-13-8-4-5-9-14(13)19-16/h3-11H,2H2,1H3,(H2,18,19,20)/b17-11+. The second-order valence-corrected chi connectivity index (χ2v) is 4.44. The summed E-state index contributed by atoms with van der Waals surface area (Å²) in [5.74, 6) is 1.43. The Hall–Kier alpha value is -2.82. The molecule has 1 heterocycles. The molecule has 0 bridgehead atoms. The minimum Gasteiger partial charge on any atom is -0.493 e. The van der Waals surface area contributed by atoms with E-state index in [0.717, 1.165) is 22.3 Å². The first-order valence-electron chi connectivity index (χ1n) is 6.82. The molecule has 21 heavy (non-hydrogen) atoms. The van der Waals surface area contributed by atoms with Gasteiger partial charge in [0.15, 0.2) is 0 Å². The first kappa shape index (κ1) is 13.2. The van der Waals surface area contributed by atoms with Crippen LogP contribution in [0.4, 0.5) is 5.95 Å². The van der Waals surface area contributed by atoms with E-state index in [1.165, 1.54) is 0 Å². The molecule has 3 aromatic rings. The molecule has 5 heteroatoms. The molecular formula is C16H16N4O. The van der Waals surface area contributed by atoms with Gasteiger partial charge in [0, 0.05) is 5.56 Å². The Morgan fingerprint density at radius 1 is 1.19 bits per heavy atom. The van der Waals surface area contributed by atoms with E-state index in [0.29, 0.717) is 12.6 Å². The van der Waals surface area contributed by atoms with Gasteiger partial charge in [0.1, 0.15) is 5.75 Å². The summed E-state index contributed by atoms with van der Waals surface area (Å²) in [6.45, 7) is 2.59. The number of aromatic nitrogens is 2. The number of nitrogens with zero attached hydrogens (tertiary/aromatic N) is 2. The third kappa shape index (κ3) is 3.02. The normalized spacial score (nSPS) is 11.1. The predicted octanol–water partition coefficient (Wildman–Crippen LogP) is 3.41. The topological polar surface area (TPSA) is 62.3 Å². The van der Waals surface area contributed by atoms with Gasteiger partial charge in [-0.2, -0.15) is 5.10 Å². The first-order chi connectivity index (χ1) is 10.4. The van der Waals surface area contributed by atoms with Gasteiger partial charge in [-0.25, -0.2) is 10.4 Å². The third-order valence-corrected chi connectivity index (χ3v) is 2.98. The fourth-order valence-corrected chi connectivity index (χ4v) is 2.04. The van der Waals surface area contributed by atoms with Crippen LogP contribution in [0.1, 0.15) is 12.5 Å². The molecule has 0 aliphatic carbocycles. The van der Waals surface area contributed by atoms with Crippen molar-refractivity contribution in [2.24, 2.45) is 5.10 Å². The van der Waals surface area contributed by atoms with Crippen molar-refractivity contribution in [2.75, 3.05) is 12.0 Å². The molecule has 106 valence electrons. The van der Waals surface area contributed by atoms with E-state index in [4.69, 9.17) is 4.74 Å². The SMILES string of the molecule is CCOc1ccccc1/C=N/Nc1nc2ccccc2[nH]1. The summed E-state index contributed by atoms with van der Waals surface area (Å²) in [5, 5.41) is 4.20. The summed E-state index contributed by atoms with van der Waals surface area (Å²) in [5.41, 5.74) is 5.70. The maximum Gasteiger partial charge on any atom is 0.222 e. The Bertz CT molecular complexity index is 731. The van der Waals surface area contributed by atoms with Gasteiger partial charge >= 0.3 is 0 Å². The number of fused-ring (bicyclic) bond motifs is 1. The van der Waals surface area contributed by atoms with Crippen LogP contribution in [0.3, 0.4) is 0 Å². The Morgan fingerprint density at radius 3 is 2.86 bits per heavy atom. The highest BCUT2D eigenvalue weighted by molar-refractivity contribution is 5.84. The Kier molecular flexibility index (Phi) is 3.82. The fourth-order valence-electron chi connectivity index (χ4n) is 2.04. The summed E-state index contributed by atoms with van der Waals surface area (Å²) in [7, 11) is 0. The molecule has 0 aliphatic rings. The zero-order valence-corrected chi connectivity index (χ0v) is 11.7. The van der Waals surface area contributed by atoms with E-state index in [1.54, 1.807) is 6.21 Å². The minimum atomic E-state index is 0.612. The molecule has 0 amide bonds. The largest absolute Gasteiger partial charge is 0.493 e. The van der Waals surface area contributed by atoms with Crippen molar-refractivity contribution in [3.63, 3.8) is 0 Å². The van der Waals surface area contributed by atoms with Crippen LogP contribution in [0.2, 0.25) is 0 Å². The van der Waals surface area contributed by atoms with Gasteiger partial charge in [-0.1, -0.05) is 24.3 Å². The summed E-state index contributed by atoms with van der Waals surface area (Å²) in [6.07, 6.45) is 1.72. The van der Waals surface area contributed by atoms with Crippen LogP contribution < -0.4 is 10.2 Å². The average Bonchev–Trinajstić information content (AvgIpc) is 2.92. The highest BCUT2D eigenvalue weighted by Crippen LogP contribution is 2.16. The van der Waals surface area contributed by atoms with Crippen LogP contribution in [0, 0.1) is 0 Å². The van der Waals surface area contributed by atoms with E-state index in [2.05, 4.69) is 20.5 Å². The van der Waals surface area contributed by atoms with Gasteiger partial charge in [-0.15, -0.1) is 0 Å². The van der Waals surface area contributed by atoms with Crippen molar-refractivity contribution in [1.82, 2.24) is 9.97 Å². The number of hydrazone groups is 1. The number of hydrogen-bond donors (Lipinski definition) is 2. The van der Waals surface area contributed by atoms with Crippen molar-refractivity contribution >= 4 is 23.2 Å². The van der Waals surface area contributed by atoms with E-state index in [1.807, 2.05) is 55.5 Å². The van der Waals surface area contributed by atoms with Gasteiger partial charge in [-0.3, -0.25) is 0 Å². The van der Waals surface area contributed by atoms with Crippen molar-refractivity contribution in [1.29, 1.82) is 0 Å². The van der Waals surface area contributed by atoms with Crippen LogP contribution in [0.5, 0.6) is 5.75 Å². The smallest absolute Gasteiger partial charge is 0.222 e. The van der Waals surface area contributed by atoms with Gasteiger partial charge in [0.05, 0.1) is 23.9 Å². The number of aromatic amines is 1. The molecule has 0 spiro atoms. The van der Waals surface area contributed by atoms with Crippen LogP contribution in [0.15, 0.2) is 53.6 Å². The molecular weight excluding hydrogens is 264 g/mol. The van der Waals surface area contributed by atoms with Gasteiger partial charge in [0.2, 0.25) is 5.95 Å². The van der Waals surface area contributed by atoms with Crippen molar-refractivity contribution in [3.05, 3.63) is 54.1 Å². The number of anilines is 1. The van der Waals surface area contributed by atoms with Gasteiger partial charge in [0.25, 0.3) is 0 Å². The summed E-state index contributed by atoms with van der Waals surface area (Å²) < 4.78 is 5.55. The molecule has 0 saturated heterocycles. The molecule has 2 N–H and O–H groups in total. The first-order valence-corrected chi connectivity index (χ1v) is 6.82. The number of benzene rings is 2. The maximum atomic E-state index is 5.55. The highest BCUT2D eigenvalue weighted by Gasteiger charge is 2.01. The van der Waals surface area contributed by atoms with Crippen LogP contribution in [0.25, 0.3) is 11.0 Å². The van der Waals surface area contributed by atoms with E-state index >= 15 is 0 Å². The minimum absolute atomic E-state index is 0.612. The van der Waals surface area contributed by atoms with Crippen LogP contribution in [-0.2, 0) is 0 Å². The molecule has 5 nitrogen and oxygen atoms in total. The van der Waals surface area contributed by atoms with Crippen LogP contribution in [-0.4, -0.2) is 22.8 Å². The fraction of sp³-hybridized carbons (Fsp3) is 0.125. The lowest BCUT2D eigenvalue weighted by atomic mass is 10.2. The molecule has 0 fully saturated rings. The number of imidazole rings is 1. The lowest BCUT2D eigenvalue weighted by Crippen LogP contribution is -1.97. The van der Waals surface area contributed by atoms with E-state index < -0.39 is 0 Å². The zero-order valence-electron chi connectivity index (χ0n) is 11.7. The highest BCUT2D eigenvalue weighted by atomic mass is 16.5. The lowest BCUT2D eigenvalue weighted by Gasteiger charge is -2.05. The zero-order chi connectivity index (χ0) is 14.5. The summed E-state index contributed by atoms with van der Waals surface area (Å²) in [6, 6.07) is 15.6. The molecule has 3 rings (SSSR count). The molecule has 0 unspecified atom stereocenters. The number of nitrogens with one attached hydrogen (secondary N) is 2. The van der Waals surface area contributed by atoms with E-state index in [-0.39, 0.29) is 0 Å². The molecule has 0 aliphatic heterocycles. The molecule has 1 aromatic heterocycles. The van der Waals surface area contributed by atoms with Gasteiger partial charge < -0.3 is 9.72 Å². The maximum absolute atomic E-state index is 5.55. The van der Waals surface area contributed by atoms with E-state index in [9.17, 15) is 0 Å². The monoisotopic (exact) mass is 280 g/mol.